The van der Waals surface area contributed by atoms with Crippen molar-refractivity contribution in [2.75, 3.05) is 7.11 Å². The number of benzene rings is 1. The summed E-state index contributed by atoms with van der Waals surface area (Å²) in [5.41, 5.74) is 1.76. The molecule has 3 aromatic heterocycles. The van der Waals surface area contributed by atoms with Crippen molar-refractivity contribution in [2.45, 2.75) is 6.54 Å². The predicted octanol–water partition coefficient (Wildman–Crippen LogP) is 3.07. The van der Waals surface area contributed by atoms with Crippen LogP contribution in [-0.2, 0) is 6.54 Å². The molecule has 0 saturated carbocycles. The summed E-state index contributed by atoms with van der Waals surface area (Å²) in [5.74, 6) is 0.300. The number of amides is 1. The summed E-state index contributed by atoms with van der Waals surface area (Å²) < 4.78 is 9.11. The lowest BCUT2D eigenvalue weighted by Crippen LogP contribution is -2.21. The molecule has 0 spiro atoms. The zero-order valence-electron chi connectivity index (χ0n) is 15.8. The summed E-state index contributed by atoms with van der Waals surface area (Å²) in [5, 5.41) is 11.0. The topological polar surface area (TPSA) is 91.0 Å². The first kappa shape index (κ1) is 19.9. The molecular weight excluding hydrogens is 426 g/mol. The molecule has 0 atom stereocenters. The summed E-state index contributed by atoms with van der Waals surface area (Å²) in [6, 6.07) is 13.6. The third-order valence-corrected chi connectivity index (χ3v) is 5.51. The highest BCUT2D eigenvalue weighted by atomic mass is 35.5. The van der Waals surface area contributed by atoms with Crippen molar-refractivity contribution in [3.63, 3.8) is 0 Å². The zero-order valence-corrected chi connectivity index (χ0v) is 17.4. The summed E-state index contributed by atoms with van der Waals surface area (Å²) in [4.78, 5) is 24.7. The monoisotopic (exact) mass is 441 g/mol. The van der Waals surface area contributed by atoms with E-state index in [0.717, 1.165) is 0 Å². The van der Waals surface area contributed by atoms with E-state index in [1.807, 2.05) is 0 Å². The molecule has 8 nitrogen and oxygen atoms in total. The molecule has 0 saturated heterocycles. The summed E-state index contributed by atoms with van der Waals surface area (Å²) in [6.45, 7) is 0.216. The molecule has 0 unspecified atom stereocenters. The Labute approximate surface area is 180 Å². The average Bonchev–Trinajstić information content (AvgIpc) is 3.41. The lowest BCUT2D eigenvalue weighted by molar-refractivity contribution is 0.0954. The van der Waals surface area contributed by atoms with Crippen molar-refractivity contribution >= 4 is 28.8 Å². The standard InChI is InChI=1S/C20H16ClN5O3S/c1-29-16-10-14(25-9-3-2-4-19(25)27)5-6-15(16)26-12-13(23-24-26)11-22-20(28)17-7-8-18(21)30-17/h2-10,12H,11H2,1H3,(H,22,28). The van der Waals surface area contributed by atoms with Gasteiger partial charge >= 0.3 is 0 Å². The molecule has 0 bridgehead atoms. The van der Waals surface area contributed by atoms with Gasteiger partial charge < -0.3 is 10.1 Å². The number of nitrogens with zero attached hydrogens (tertiary/aromatic N) is 4. The van der Waals surface area contributed by atoms with Gasteiger partial charge in [-0.25, -0.2) is 4.68 Å². The van der Waals surface area contributed by atoms with Gasteiger partial charge in [0.05, 0.1) is 34.8 Å². The number of nitrogens with one attached hydrogen (secondary N) is 1. The molecule has 1 amide bonds. The third-order valence-electron chi connectivity index (χ3n) is 4.28. The van der Waals surface area contributed by atoms with E-state index in [9.17, 15) is 9.59 Å². The van der Waals surface area contributed by atoms with Gasteiger partial charge in [0.25, 0.3) is 11.5 Å². The van der Waals surface area contributed by atoms with Crippen molar-refractivity contribution < 1.29 is 9.53 Å². The van der Waals surface area contributed by atoms with Crippen LogP contribution in [0.3, 0.4) is 0 Å². The molecule has 0 radical (unpaired) electrons. The Morgan fingerprint density at radius 1 is 1.23 bits per heavy atom. The van der Waals surface area contributed by atoms with Gasteiger partial charge in [0.15, 0.2) is 0 Å². The van der Waals surface area contributed by atoms with E-state index in [1.54, 1.807) is 66.6 Å². The Balaban J connectivity index is 1.53. The van der Waals surface area contributed by atoms with Crippen LogP contribution in [0.2, 0.25) is 4.34 Å². The molecule has 0 aliphatic rings. The number of carbonyl (C=O) groups is 1. The molecule has 4 aromatic rings. The van der Waals surface area contributed by atoms with Gasteiger partial charge in [-0.05, 0) is 30.3 Å². The second-order valence-corrected chi connectivity index (χ2v) is 7.92. The van der Waals surface area contributed by atoms with Crippen LogP contribution in [0.15, 0.2) is 65.7 Å². The zero-order chi connectivity index (χ0) is 21.1. The third kappa shape index (κ3) is 4.12. The van der Waals surface area contributed by atoms with Crippen molar-refractivity contribution in [3.05, 3.63) is 86.2 Å². The molecule has 1 aromatic carbocycles. The minimum absolute atomic E-state index is 0.141. The van der Waals surface area contributed by atoms with E-state index in [0.29, 0.717) is 32.0 Å². The largest absolute Gasteiger partial charge is 0.494 e. The SMILES string of the molecule is COc1cc(-n2ccccc2=O)ccc1-n1cc(CNC(=O)c2ccc(Cl)s2)nn1. The van der Waals surface area contributed by atoms with Crippen molar-refractivity contribution in [2.24, 2.45) is 0 Å². The predicted molar refractivity (Wildman–Crippen MR) is 114 cm³/mol. The fraction of sp³-hybridized carbons (Fsp3) is 0.100. The van der Waals surface area contributed by atoms with Crippen LogP contribution >= 0.6 is 22.9 Å². The highest BCUT2D eigenvalue weighted by Gasteiger charge is 2.13. The minimum Gasteiger partial charge on any atom is -0.494 e. The molecule has 4 rings (SSSR count). The van der Waals surface area contributed by atoms with Gasteiger partial charge in [-0.2, -0.15) is 0 Å². The highest BCUT2D eigenvalue weighted by molar-refractivity contribution is 7.17. The van der Waals surface area contributed by atoms with Crippen LogP contribution in [0.25, 0.3) is 11.4 Å². The smallest absolute Gasteiger partial charge is 0.261 e. The first-order valence-electron chi connectivity index (χ1n) is 8.86. The van der Waals surface area contributed by atoms with E-state index in [-0.39, 0.29) is 18.0 Å². The number of ether oxygens (including phenoxy) is 1. The number of carbonyl (C=O) groups excluding carboxylic acids is 1. The van der Waals surface area contributed by atoms with Crippen LogP contribution in [-0.4, -0.2) is 32.6 Å². The molecule has 0 aliphatic heterocycles. The average molecular weight is 442 g/mol. The normalized spacial score (nSPS) is 10.7. The second-order valence-electron chi connectivity index (χ2n) is 6.21. The number of aromatic nitrogens is 4. The van der Waals surface area contributed by atoms with Crippen molar-refractivity contribution in [1.29, 1.82) is 0 Å². The first-order valence-corrected chi connectivity index (χ1v) is 10.1. The summed E-state index contributed by atoms with van der Waals surface area (Å²) in [7, 11) is 1.54. The van der Waals surface area contributed by atoms with Crippen LogP contribution in [0.5, 0.6) is 5.75 Å². The number of halogens is 1. The van der Waals surface area contributed by atoms with Gasteiger partial charge in [-0.3, -0.25) is 14.2 Å². The number of rotatable bonds is 6. The molecule has 30 heavy (non-hydrogen) atoms. The van der Waals surface area contributed by atoms with Gasteiger partial charge in [-0.15, -0.1) is 16.4 Å². The van der Waals surface area contributed by atoms with E-state index >= 15 is 0 Å². The molecule has 0 aliphatic carbocycles. The van der Waals surface area contributed by atoms with Crippen LogP contribution in [0.4, 0.5) is 0 Å². The first-order chi connectivity index (χ1) is 14.5. The van der Waals surface area contributed by atoms with Crippen molar-refractivity contribution in [3.8, 4) is 17.1 Å². The number of methoxy groups -OCH3 is 1. The molecule has 1 N–H and O–H groups in total. The maximum absolute atomic E-state index is 12.1. The Morgan fingerprint density at radius 3 is 2.83 bits per heavy atom. The quantitative estimate of drug-likeness (QED) is 0.496. The van der Waals surface area contributed by atoms with E-state index in [4.69, 9.17) is 16.3 Å². The number of pyridine rings is 1. The maximum atomic E-state index is 12.1. The molecule has 152 valence electrons. The fourth-order valence-electron chi connectivity index (χ4n) is 2.84. The van der Waals surface area contributed by atoms with Crippen LogP contribution in [0, 0.1) is 0 Å². The van der Waals surface area contributed by atoms with E-state index in [1.165, 1.54) is 22.0 Å². The minimum atomic E-state index is -0.225. The van der Waals surface area contributed by atoms with Crippen molar-refractivity contribution in [1.82, 2.24) is 24.9 Å². The molecule has 0 fully saturated rings. The molecular formula is C20H16ClN5O3S. The molecule has 3 heterocycles. The summed E-state index contributed by atoms with van der Waals surface area (Å²) >= 11 is 7.07. The lowest BCUT2D eigenvalue weighted by atomic mass is 10.2. The number of hydrogen-bond acceptors (Lipinski definition) is 6. The van der Waals surface area contributed by atoms with Gasteiger partial charge in [0, 0.05) is 18.3 Å². The molecule has 10 heteroatoms. The second kappa shape index (κ2) is 8.52. The summed E-state index contributed by atoms with van der Waals surface area (Å²) in [6.07, 6.45) is 3.39. The van der Waals surface area contributed by atoms with Crippen LogP contribution in [0.1, 0.15) is 15.4 Å². The van der Waals surface area contributed by atoms with E-state index in [2.05, 4.69) is 15.6 Å². The fourth-order valence-corrected chi connectivity index (χ4v) is 3.80. The van der Waals surface area contributed by atoms with Crippen LogP contribution < -0.4 is 15.6 Å². The Hall–Kier alpha value is -3.43. The lowest BCUT2D eigenvalue weighted by Gasteiger charge is -2.11. The number of hydrogen-bond donors (Lipinski definition) is 1. The highest BCUT2D eigenvalue weighted by Crippen LogP contribution is 2.25. The van der Waals surface area contributed by atoms with Gasteiger partial charge in [-0.1, -0.05) is 22.9 Å². The Kier molecular flexibility index (Phi) is 5.64. The number of thiophene rings is 1. The Bertz CT molecular complexity index is 1260. The van der Waals surface area contributed by atoms with E-state index < -0.39 is 0 Å². The van der Waals surface area contributed by atoms with Gasteiger partial charge in [0.2, 0.25) is 0 Å². The van der Waals surface area contributed by atoms with Gasteiger partial charge in [0.1, 0.15) is 17.1 Å². The Morgan fingerprint density at radius 2 is 2.10 bits per heavy atom. The maximum Gasteiger partial charge on any atom is 0.261 e.